The van der Waals surface area contributed by atoms with Crippen molar-refractivity contribution in [3.05, 3.63) is 47.3 Å². The minimum atomic E-state index is -3.72. The van der Waals surface area contributed by atoms with Crippen LogP contribution in [-0.2, 0) is 14.8 Å². The topological polar surface area (TPSA) is 84.5 Å². The summed E-state index contributed by atoms with van der Waals surface area (Å²) in [7, 11) is -3.72. The second kappa shape index (κ2) is 6.70. The maximum absolute atomic E-state index is 11.8. The molecule has 112 valence electrons. The van der Waals surface area contributed by atoms with Crippen molar-refractivity contribution >= 4 is 27.3 Å². The number of carbonyl (C=O) groups is 1. The molecule has 0 atom stereocenters. The van der Waals surface area contributed by atoms with E-state index in [2.05, 4.69) is 5.43 Å². The number of amides is 1. The lowest BCUT2D eigenvalue weighted by Crippen LogP contribution is -2.43. The van der Waals surface area contributed by atoms with E-state index in [-0.39, 0.29) is 10.8 Å². The molecule has 1 aromatic carbocycles. The maximum atomic E-state index is 11.8. The summed E-state index contributed by atoms with van der Waals surface area (Å²) in [5, 5.41) is 1.64. The third kappa shape index (κ3) is 4.55. The molecule has 2 aromatic rings. The van der Waals surface area contributed by atoms with Crippen LogP contribution in [0.4, 0.5) is 0 Å². The molecule has 2 N–H and O–H groups in total. The van der Waals surface area contributed by atoms with Gasteiger partial charge in [-0.3, -0.25) is 10.2 Å². The first-order valence-corrected chi connectivity index (χ1v) is 8.37. The molecule has 1 amide bonds. The summed E-state index contributed by atoms with van der Waals surface area (Å²) >= 11 is 1.06. The van der Waals surface area contributed by atoms with Gasteiger partial charge in [0.05, 0.1) is 0 Å². The van der Waals surface area contributed by atoms with Crippen LogP contribution in [0.1, 0.15) is 5.56 Å². The van der Waals surface area contributed by atoms with E-state index in [9.17, 15) is 13.2 Å². The van der Waals surface area contributed by atoms with E-state index >= 15 is 0 Å². The first-order valence-electron chi connectivity index (χ1n) is 6.01. The average Bonchev–Trinajstić information content (AvgIpc) is 3.00. The summed E-state index contributed by atoms with van der Waals surface area (Å²) in [5.41, 5.74) is 3.18. The van der Waals surface area contributed by atoms with E-state index in [0.29, 0.717) is 5.75 Å². The van der Waals surface area contributed by atoms with Crippen LogP contribution in [-0.4, -0.2) is 20.9 Å². The highest BCUT2D eigenvalue weighted by molar-refractivity contribution is 7.91. The number of thiophene rings is 1. The molecule has 0 aliphatic heterocycles. The lowest BCUT2D eigenvalue weighted by atomic mass is 10.2. The molecule has 6 nitrogen and oxygen atoms in total. The number of sulfonamides is 1. The minimum Gasteiger partial charge on any atom is -0.484 e. The monoisotopic (exact) mass is 326 g/mol. The SMILES string of the molecule is Cc1ccc(OCC(=O)NNS(=O)(=O)c2cccs2)cc1. The van der Waals surface area contributed by atoms with Gasteiger partial charge in [0.15, 0.2) is 6.61 Å². The number of rotatable bonds is 6. The van der Waals surface area contributed by atoms with Crippen molar-refractivity contribution in [3.63, 3.8) is 0 Å². The summed E-state index contributed by atoms with van der Waals surface area (Å²) in [5.74, 6) is -0.0485. The highest BCUT2D eigenvalue weighted by Crippen LogP contribution is 2.14. The molecule has 0 aliphatic carbocycles. The van der Waals surface area contributed by atoms with Gasteiger partial charge in [-0.25, -0.2) is 8.42 Å². The Morgan fingerprint density at radius 3 is 2.57 bits per heavy atom. The van der Waals surface area contributed by atoms with Gasteiger partial charge in [-0.15, -0.1) is 16.2 Å². The zero-order valence-corrected chi connectivity index (χ0v) is 12.8. The van der Waals surface area contributed by atoms with Crippen LogP contribution >= 0.6 is 11.3 Å². The number of hydrogen-bond donors (Lipinski definition) is 2. The highest BCUT2D eigenvalue weighted by atomic mass is 32.2. The molecule has 0 unspecified atom stereocenters. The number of carbonyl (C=O) groups excluding carboxylic acids is 1. The van der Waals surface area contributed by atoms with Gasteiger partial charge in [0, 0.05) is 0 Å². The molecule has 0 saturated carbocycles. The van der Waals surface area contributed by atoms with E-state index in [4.69, 9.17) is 4.74 Å². The lowest BCUT2D eigenvalue weighted by Gasteiger charge is -2.08. The number of nitrogens with one attached hydrogen (secondary N) is 2. The fraction of sp³-hybridized carbons (Fsp3) is 0.154. The van der Waals surface area contributed by atoms with E-state index in [0.717, 1.165) is 16.9 Å². The van der Waals surface area contributed by atoms with Gasteiger partial charge in [-0.2, -0.15) is 0 Å². The molecule has 1 aromatic heterocycles. The highest BCUT2D eigenvalue weighted by Gasteiger charge is 2.15. The number of hydrogen-bond acceptors (Lipinski definition) is 5. The van der Waals surface area contributed by atoms with Gasteiger partial charge >= 0.3 is 0 Å². The molecule has 8 heteroatoms. The molecule has 0 radical (unpaired) electrons. The summed E-state index contributed by atoms with van der Waals surface area (Å²) < 4.78 is 28.9. The predicted molar refractivity (Wildman–Crippen MR) is 79.5 cm³/mol. The number of ether oxygens (including phenoxy) is 1. The second-order valence-electron chi connectivity index (χ2n) is 4.19. The van der Waals surface area contributed by atoms with Gasteiger partial charge < -0.3 is 4.74 Å². The van der Waals surface area contributed by atoms with Crippen LogP contribution in [0.25, 0.3) is 0 Å². The molecule has 21 heavy (non-hydrogen) atoms. The Bertz CT molecular complexity index is 694. The fourth-order valence-corrected chi connectivity index (χ4v) is 3.26. The van der Waals surface area contributed by atoms with Crippen LogP contribution in [0.15, 0.2) is 46.0 Å². The van der Waals surface area contributed by atoms with Crippen molar-refractivity contribution in [2.75, 3.05) is 6.61 Å². The van der Waals surface area contributed by atoms with Crippen LogP contribution < -0.4 is 15.0 Å². The van der Waals surface area contributed by atoms with Crippen molar-refractivity contribution < 1.29 is 17.9 Å². The van der Waals surface area contributed by atoms with E-state index < -0.39 is 15.9 Å². The summed E-state index contributed by atoms with van der Waals surface area (Å²) in [4.78, 5) is 13.5. The standard InChI is InChI=1S/C13H14N2O4S2/c1-10-4-6-11(7-5-10)19-9-12(16)14-15-21(17,18)13-3-2-8-20-13/h2-8,15H,9H2,1H3,(H,14,16). The Morgan fingerprint density at radius 2 is 1.95 bits per heavy atom. The van der Waals surface area contributed by atoms with Crippen LogP contribution in [0, 0.1) is 6.92 Å². The first-order chi connectivity index (χ1) is 9.97. The zero-order chi connectivity index (χ0) is 15.3. The second-order valence-corrected chi connectivity index (χ2v) is 7.04. The Hall–Kier alpha value is -1.90. The number of benzene rings is 1. The largest absolute Gasteiger partial charge is 0.484 e. The minimum absolute atomic E-state index is 0.127. The fourth-order valence-electron chi connectivity index (χ4n) is 1.41. The van der Waals surface area contributed by atoms with Crippen molar-refractivity contribution in [1.82, 2.24) is 10.3 Å². The first kappa shape index (κ1) is 15.5. The molecule has 0 fully saturated rings. The van der Waals surface area contributed by atoms with Crippen LogP contribution in [0.2, 0.25) is 0 Å². The van der Waals surface area contributed by atoms with Gasteiger partial charge in [-0.05, 0) is 30.5 Å². The predicted octanol–water partition coefficient (Wildman–Crippen LogP) is 1.45. The normalized spacial score (nSPS) is 11.1. The average molecular weight is 326 g/mol. The molecule has 0 saturated heterocycles. The third-order valence-electron chi connectivity index (χ3n) is 2.48. The smallest absolute Gasteiger partial charge is 0.272 e. The summed E-state index contributed by atoms with van der Waals surface area (Å²) in [6, 6.07) is 10.2. The Kier molecular flexibility index (Phi) is 4.94. The Balaban J connectivity index is 1.81. The zero-order valence-electron chi connectivity index (χ0n) is 11.2. The number of aryl methyl sites for hydroxylation is 1. The van der Waals surface area contributed by atoms with E-state index in [1.807, 2.05) is 23.9 Å². The molecule has 0 bridgehead atoms. The number of hydrazine groups is 1. The molecular weight excluding hydrogens is 312 g/mol. The maximum Gasteiger partial charge on any atom is 0.272 e. The van der Waals surface area contributed by atoms with Gasteiger partial charge in [0.25, 0.3) is 15.9 Å². The van der Waals surface area contributed by atoms with Crippen molar-refractivity contribution in [2.45, 2.75) is 11.1 Å². The van der Waals surface area contributed by atoms with Crippen LogP contribution in [0.5, 0.6) is 5.75 Å². The summed E-state index contributed by atoms with van der Waals surface area (Å²) in [6.45, 7) is 1.66. The molecule has 2 rings (SSSR count). The lowest BCUT2D eigenvalue weighted by molar-refractivity contribution is -0.123. The summed E-state index contributed by atoms with van der Waals surface area (Å²) in [6.07, 6.45) is 0. The van der Waals surface area contributed by atoms with Gasteiger partial charge in [0.1, 0.15) is 9.96 Å². The van der Waals surface area contributed by atoms with Crippen molar-refractivity contribution in [2.24, 2.45) is 0 Å². The Labute approximate surface area is 126 Å². The van der Waals surface area contributed by atoms with E-state index in [1.165, 1.54) is 6.07 Å². The van der Waals surface area contributed by atoms with Gasteiger partial charge in [-0.1, -0.05) is 23.8 Å². The van der Waals surface area contributed by atoms with E-state index in [1.54, 1.807) is 23.6 Å². The van der Waals surface area contributed by atoms with Gasteiger partial charge in [0.2, 0.25) is 0 Å². The molecular formula is C13H14N2O4S2. The molecule has 1 heterocycles. The third-order valence-corrected chi connectivity index (χ3v) is 5.12. The quantitative estimate of drug-likeness (QED) is 0.787. The molecule has 0 spiro atoms. The van der Waals surface area contributed by atoms with Crippen molar-refractivity contribution in [1.29, 1.82) is 0 Å². The van der Waals surface area contributed by atoms with Crippen LogP contribution in [0.3, 0.4) is 0 Å². The Morgan fingerprint density at radius 1 is 1.24 bits per heavy atom. The van der Waals surface area contributed by atoms with Crippen molar-refractivity contribution in [3.8, 4) is 5.75 Å². The molecule has 0 aliphatic rings.